The summed E-state index contributed by atoms with van der Waals surface area (Å²) >= 11 is 0. The van der Waals surface area contributed by atoms with Crippen LogP contribution in [-0.4, -0.2) is 33.1 Å². The van der Waals surface area contributed by atoms with E-state index in [0.717, 1.165) is 5.56 Å². The van der Waals surface area contributed by atoms with Crippen molar-refractivity contribution in [3.63, 3.8) is 0 Å². The summed E-state index contributed by atoms with van der Waals surface area (Å²) in [5.74, 6) is 1.86. The van der Waals surface area contributed by atoms with Crippen molar-refractivity contribution in [2.24, 2.45) is 0 Å². The Morgan fingerprint density at radius 2 is 1.71 bits per heavy atom. The Balaban J connectivity index is 1.54. The van der Waals surface area contributed by atoms with Gasteiger partial charge in [0, 0.05) is 11.6 Å². The van der Waals surface area contributed by atoms with Crippen LogP contribution in [0.5, 0.6) is 28.7 Å². The molecule has 174 valence electrons. The van der Waals surface area contributed by atoms with E-state index in [1.807, 2.05) is 0 Å². The van der Waals surface area contributed by atoms with E-state index >= 15 is 0 Å². The fourth-order valence-corrected chi connectivity index (χ4v) is 3.78. The Morgan fingerprint density at radius 3 is 2.38 bits per heavy atom. The van der Waals surface area contributed by atoms with E-state index in [4.69, 9.17) is 23.7 Å². The van der Waals surface area contributed by atoms with Crippen LogP contribution in [0.1, 0.15) is 27.0 Å². The zero-order chi connectivity index (χ0) is 24.2. The van der Waals surface area contributed by atoms with E-state index in [1.54, 1.807) is 81.8 Å². The lowest BCUT2D eigenvalue weighted by Crippen LogP contribution is -2.11. The predicted octanol–water partition coefficient (Wildman–Crippen LogP) is 4.79. The minimum atomic E-state index is -0.425. The van der Waals surface area contributed by atoms with Crippen molar-refractivity contribution >= 4 is 17.8 Å². The first-order chi connectivity index (χ1) is 16.4. The number of carbonyl (C=O) groups is 2. The molecule has 7 heteroatoms. The maximum absolute atomic E-state index is 13.0. The van der Waals surface area contributed by atoms with E-state index in [9.17, 15) is 9.59 Å². The van der Waals surface area contributed by atoms with Gasteiger partial charge in [-0.05, 0) is 48.4 Å². The normalized spacial score (nSPS) is 13.3. The summed E-state index contributed by atoms with van der Waals surface area (Å²) in [6.45, 7) is 1.77. The molecule has 1 heterocycles. The molecule has 0 N–H and O–H groups in total. The summed E-state index contributed by atoms with van der Waals surface area (Å²) in [5, 5.41) is 0. The summed E-state index contributed by atoms with van der Waals surface area (Å²) in [6.07, 6.45) is 1.71. The van der Waals surface area contributed by atoms with Crippen molar-refractivity contribution in [2.45, 2.75) is 13.3 Å². The van der Waals surface area contributed by atoms with Gasteiger partial charge >= 0.3 is 5.97 Å². The maximum Gasteiger partial charge on any atom is 0.315 e. The Kier molecular flexibility index (Phi) is 6.54. The minimum absolute atomic E-state index is 0.0979. The first-order valence-corrected chi connectivity index (χ1v) is 10.6. The second-order valence-electron chi connectivity index (χ2n) is 7.63. The highest BCUT2D eigenvalue weighted by Gasteiger charge is 2.30. The third kappa shape index (κ3) is 4.59. The number of benzene rings is 3. The number of carbonyl (C=O) groups excluding carboxylic acids is 2. The van der Waals surface area contributed by atoms with Crippen LogP contribution >= 0.6 is 0 Å². The van der Waals surface area contributed by atoms with Gasteiger partial charge in [-0.15, -0.1) is 0 Å². The third-order valence-electron chi connectivity index (χ3n) is 5.40. The molecule has 3 aromatic rings. The minimum Gasteiger partial charge on any atom is -0.497 e. The van der Waals surface area contributed by atoms with Crippen LogP contribution in [-0.2, 0) is 11.2 Å². The predicted molar refractivity (Wildman–Crippen MR) is 126 cm³/mol. The average Bonchev–Trinajstić information content (AvgIpc) is 3.14. The molecule has 4 rings (SSSR count). The van der Waals surface area contributed by atoms with Crippen LogP contribution in [0.4, 0.5) is 0 Å². The first-order valence-electron chi connectivity index (χ1n) is 10.6. The fraction of sp³-hybridized carbons (Fsp3) is 0.185. The lowest BCUT2D eigenvalue weighted by Gasteiger charge is -2.10. The van der Waals surface area contributed by atoms with Crippen LogP contribution in [0, 0.1) is 6.92 Å². The smallest absolute Gasteiger partial charge is 0.315 e. The number of rotatable bonds is 7. The number of esters is 1. The molecule has 0 aliphatic carbocycles. The summed E-state index contributed by atoms with van der Waals surface area (Å²) in [4.78, 5) is 25.5. The van der Waals surface area contributed by atoms with Gasteiger partial charge in [0.2, 0.25) is 5.78 Å². The van der Waals surface area contributed by atoms with Crippen molar-refractivity contribution in [3.8, 4) is 28.7 Å². The average molecular weight is 460 g/mol. The summed E-state index contributed by atoms with van der Waals surface area (Å²) < 4.78 is 27.3. The number of aryl methyl sites for hydroxylation is 1. The first kappa shape index (κ1) is 22.9. The molecule has 0 aromatic heterocycles. The van der Waals surface area contributed by atoms with Crippen LogP contribution < -0.4 is 23.7 Å². The zero-order valence-electron chi connectivity index (χ0n) is 19.3. The Bertz CT molecular complexity index is 1270. The largest absolute Gasteiger partial charge is 0.497 e. The molecule has 0 saturated carbocycles. The van der Waals surface area contributed by atoms with Crippen LogP contribution in [0.25, 0.3) is 6.08 Å². The lowest BCUT2D eigenvalue weighted by atomic mass is 10.0. The molecule has 0 unspecified atom stereocenters. The summed E-state index contributed by atoms with van der Waals surface area (Å²) in [7, 11) is 4.66. The molecule has 0 radical (unpaired) electrons. The molecule has 34 heavy (non-hydrogen) atoms. The quantitative estimate of drug-likeness (QED) is 0.285. The monoisotopic (exact) mass is 460 g/mol. The SMILES string of the molecule is COc1ccc(CC(=O)Oc2cc(C)c3c(c2)O/C(=C\c2cccc(OC)c2OC)C3=O)cc1. The Hall–Kier alpha value is -4.26. The van der Waals surface area contributed by atoms with E-state index in [2.05, 4.69) is 0 Å². The molecule has 0 fully saturated rings. The van der Waals surface area contributed by atoms with Gasteiger partial charge in [-0.2, -0.15) is 0 Å². The molecule has 0 atom stereocenters. The van der Waals surface area contributed by atoms with E-state index in [-0.39, 0.29) is 18.0 Å². The summed E-state index contributed by atoms with van der Waals surface area (Å²) in [5.41, 5.74) is 2.52. The second kappa shape index (κ2) is 9.70. The molecular formula is C27H24O7. The van der Waals surface area contributed by atoms with Gasteiger partial charge in [-0.3, -0.25) is 9.59 Å². The second-order valence-corrected chi connectivity index (χ2v) is 7.63. The molecule has 3 aromatic carbocycles. The molecule has 0 amide bonds. The molecular weight excluding hydrogens is 436 g/mol. The van der Waals surface area contributed by atoms with E-state index in [0.29, 0.717) is 45.4 Å². The van der Waals surface area contributed by atoms with E-state index in [1.165, 1.54) is 7.11 Å². The number of ketones is 1. The highest BCUT2D eigenvalue weighted by molar-refractivity contribution is 6.15. The van der Waals surface area contributed by atoms with Crippen LogP contribution in [0.15, 0.2) is 60.4 Å². The number of para-hydroxylation sites is 1. The van der Waals surface area contributed by atoms with Crippen molar-refractivity contribution < 1.29 is 33.3 Å². The van der Waals surface area contributed by atoms with Gasteiger partial charge < -0.3 is 23.7 Å². The molecule has 0 spiro atoms. The van der Waals surface area contributed by atoms with Gasteiger partial charge in [-0.25, -0.2) is 0 Å². The molecule has 1 aliphatic rings. The number of methoxy groups -OCH3 is 3. The third-order valence-corrected chi connectivity index (χ3v) is 5.40. The number of hydrogen-bond donors (Lipinski definition) is 0. The lowest BCUT2D eigenvalue weighted by molar-refractivity contribution is -0.133. The van der Waals surface area contributed by atoms with Crippen molar-refractivity contribution in [3.05, 3.63) is 82.6 Å². The number of allylic oxidation sites excluding steroid dienone is 1. The number of fused-ring (bicyclic) bond motifs is 1. The van der Waals surface area contributed by atoms with Crippen LogP contribution in [0.2, 0.25) is 0 Å². The number of Topliss-reactive ketones (excluding diaryl/α,β-unsaturated/α-hetero) is 1. The van der Waals surface area contributed by atoms with Crippen molar-refractivity contribution in [1.29, 1.82) is 0 Å². The van der Waals surface area contributed by atoms with E-state index < -0.39 is 5.97 Å². The molecule has 0 saturated heterocycles. The van der Waals surface area contributed by atoms with Gasteiger partial charge in [0.1, 0.15) is 17.2 Å². The van der Waals surface area contributed by atoms with Gasteiger partial charge in [0.15, 0.2) is 17.3 Å². The molecule has 1 aliphatic heterocycles. The van der Waals surface area contributed by atoms with Crippen molar-refractivity contribution in [1.82, 2.24) is 0 Å². The van der Waals surface area contributed by atoms with Gasteiger partial charge in [-0.1, -0.05) is 24.3 Å². The molecule has 0 bridgehead atoms. The number of hydrogen-bond acceptors (Lipinski definition) is 7. The zero-order valence-corrected chi connectivity index (χ0v) is 19.3. The maximum atomic E-state index is 13.0. The van der Waals surface area contributed by atoms with Crippen LogP contribution in [0.3, 0.4) is 0 Å². The molecule has 7 nitrogen and oxygen atoms in total. The van der Waals surface area contributed by atoms with Gasteiger partial charge in [0.05, 0.1) is 33.3 Å². The Labute approximate surface area is 197 Å². The fourth-order valence-electron chi connectivity index (χ4n) is 3.78. The topological polar surface area (TPSA) is 80.3 Å². The standard InChI is InChI=1S/C27H24O7/c1-16-12-20(33-24(28)13-17-8-10-19(30-2)11-9-17)15-22-25(16)26(29)23(34-22)14-18-6-5-7-21(31-3)27(18)32-4/h5-12,14-15H,13H2,1-4H3/b23-14-. The number of ether oxygens (including phenoxy) is 5. The summed E-state index contributed by atoms with van der Waals surface area (Å²) in [6, 6.07) is 15.7. The van der Waals surface area contributed by atoms with Gasteiger partial charge in [0.25, 0.3) is 0 Å². The van der Waals surface area contributed by atoms with Crippen molar-refractivity contribution in [2.75, 3.05) is 21.3 Å². The highest BCUT2D eigenvalue weighted by Crippen LogP contribution is 2.39. The Morgan fingerprint density at radius 1 is 0.941 bits per heavy atom. The highest BCUT2D eigenvalue weighted by atomic mass is 16.5.